The van der Waals surface area contributed by atoms with E-state index in [-0.39, 0.29) is 0 Å². The van der Waals surface area contributed by atoms with Gasteiger partial charge in [-0.3, -0.25) is 0 Å². The van der Waals surface area contributed by atoms with Gasteiger partial charge < -0.3 is 19.5 Å². The number of nitrogens with zero attached hydrogens (tertiary/aromatic N) is 2. The maximum Gasteiger partial charge on any atom is 0.174 e. The summed E-state index contributed by atoms with van der Waals surface area (Å²) in [5, 5.41) is 16.2. The van der Waals surface area contributed by atoms with E-state index in [2.05, 4.69) is 50.7 Å². The Hall–Kier alpha value is -3.60. The van der Waals surface area contributed by atoms with Gasteiger partial charge in [-0.2, -0.15) is 5.10 Å². The Morgan fingerprint density at radius 2 is 1.62 bits per heavy atom. The third kappa shape index (κ3) is 5.87. The number of nitrogens with one attached hydrogen (secondary N) is 2. The fourth-order valence-corrected chi connectivity index (χ4v) is 5.68. The predicted molar refractivity (Wildman–Crippen MR) is 153 cm³/mol. The summed E-state index contributed by atoms with van der Waals surface area (Å²) in [6.45, 7) is 5.57. The highest BCUT2D eigenvalue weighted by Gasteiger charge is 2.14. The van der Waals surface area contributed by atoms with E-state index in [1.807, 2.05) is 44.2 Å². The van der Waals surface area contributed by atoms with Crippen molar-refractivity contribution in [2.75, 3.05) is 25.3 Å². The van der Waals surface area contributed by atoms with E-state index in [1.165, 1.54) is 0 Å². The second-order valence-electron chi connectivity index (χ2n) is 7.93. The fraction of sp³-hybridized carbons (Fsp3) is 0.185. The molecular weight excluding hydrogens is 525 g/mol. The molecule has 0 bridgehead atoms. The Morgan fingerprint density at radius 1 is 0.892 bits per heavy atom. The Labute approximate surface area is 228 Å². The van der Waals surface area contributed by atoms with E-state index < -0.39 is 0 Å². The Kier molecular flexibility index (Phi) is 7.88. The van der Waals surface area contributed by atoms with Gasteiger partial charge in [0.15, 0.2) is 16.9 Å². The van der Waals surface area contributed by atoms with E-state index in [0.29, 0.717) is 24.6 Å². The lowest BCUT2D eigenvalue weighted by Gasteiger charge is -2.13. The quantitative estimate of drug-likeness (QED) is 0.130. The fourth-order valence-electron chi connectivity index (χ4n) is 3.85. The number of benzene rings is 2. The average Bonchev–Trinajstić information content (AvgIpc) is 3.66. The van der Waals surface area contributed by atoms with Crippen molar-refractivity contribution in [3.05, 3.63) is 76.2 Å². The number of anilines is 1. The van der Waals surface area contributed by atoms with E-state index in [0.717, 1.165) is 49.5 Å². The van der Waals surface area contributed by atoms with Crippen LogP contribution in [0.3, 0.4) is 0 Å². The smallest absolute Gasteiger partial charge is 0.174 e. The zero-order valence-corrected chi connectivity index (χ0v) is 22.8. The van der Waals surface area contributed by atoms with Crippen molar-refractivity contribution in [3.63, 3.8) is 0 Å². The first-order chi connectivity index (χ1) is 18.1. The van der Waals surface area contributed by atoms with Crippen molar-refractivity contribution >= 4 is 40.6 Å². The van der Waals surface area contributed by atoms with Gasteiger partial charge in [-0.1, -0.05) is 24.4 Å². The van der Waals surface area contributed by atoms with Crippen LogP contribution in [0.25, 0.3) is 27.9 Å². The number of aromatic nitrogens is 3. The predicted octanol–water partition coefficient (Wildman–Crippen LogP) is 7.63. The maximum atomic E-state index is 6.11. The van der Waals surface area contributed by atoms with Crippen LogP contribution >= 0.6 is 34.9 Å². The number of rotatable bonds is 11. The SMILES string of the molecule is CCOc1cc(-c2ccc(OCNc3cccc(-n4[nH]ncc4=S)c3)cc2-c2csc(OCC)c2)cs1. The second kappa shape index (κ2) is 11.6. The lowest BCUT2D eigenvalue weighted by atomic mass is 9.97. The van der Waals surface area contributed by atoms with Gasteiger partial charge in [0.1, 0.15) is 10.4 Å². The summed E-state index contributed by atoms with van der Waals surface area (Å²) in [5.74, 6) is 0.766. The molecule has 0 unspecified atom stereocenters. The molecule has 5 aromatic rings. The standard InChI is InChI=1S/C27H26N4O3S3/c1-3-32-26-10-18(15-36-26)23-9-8-22(13-24(23)19-11-27(33-4-2)37-16-19)34-17-28-20-6-5-7-21(12-20)31-25(35)14-29-30-31/h5-16,28,30H,3-4,17H2,1-2H3. The van der Waals surface area contributed by atoms with Crippen LogP contribution in [-0.2, 0) is 0 Å². The number of hydrogen-bond donors (Lipinski definition) is 2. The first-order valence-electron chi connectivity index (χ1n) is 11.8. The van der Waals surface area contributed by atoms with E-state index >= 15 is 0 Å². The van der Waals surface area contributed by atoms with Gasteiger partial charge >= 0.3 is 0 Å². The van der Waals surface area contributed by atoms with Gasteiger partial charge in [0, 0.05) is 16.4 Å². The Morgan fingerprint density at radius 3 is 2.30 bits per heavy atom. The molecule has 0 fully saturated rings. The van der Waals surface area contributed by atoms with E-state index in [4.69, 9.17) is 26.4 Å². The highest BCUT2D eigenvalue weighted by molar-refractivity contribution is 7.71. The summed E-state index contributed by atoms with van der Waals surface area (Å²) in [7, 11) is 0. The first-order valence-corrected chi connectivity index (χ1v) is 14.0. The molecule has 2 aromatic carbocycles. The molecule has 0 aliphatic carbocycles. The van der Waals surface area contributed by atoms with Crippen LogP contribution in [0.2, 0.25) is 0 Å². The van der Waals surface area contributed by atoms with E-state index in [1.54, 1.807) is 33.6 Å². The lowest BCUT2D eigenvalue weighted by Crippen LogP contribution is -2.09. The van der Waals surface area contributed by atoms with Gasteiger partial charge in [0.25, 0.3) is 0 Å². The van der Waals surface area contributed by atoms with Crippen molar-refractivity contribution in [2.24, 2.45) is 0 Å². The molecule has 7 nitrogen and oxygen atoms in total. The molecule has 3 heterocycles. The molecule has 10 heteroatoms. The molecular formula is C27H26N4O3S3. The maximum absolute atomic E-state index is 6.11. The zero-order valence-electron chi connectivity index (χ0n) is 20.4. The lowest BCUT2D eigenvalue weighted by molar-refractivity contribution is 0.347. The first kappa shape index (κ1) is 25.1. The number of thiophene rings is 2. The van der Waals surface area contributed by atoms with Gasteiger partial charge in [-0.05, 0) is 78.6 Å². The van der Waals surface area contributed by atoms with Crippen LogP contribution < -0.4 is 19.5 Å². The van der Waals surface area contributed by atoms with Crippen molar-refractivity contribution < 1.29 is 14.2 Å². The van der Waals surface area contributed by atoms with Gasteiger partial charge in [0.2, 0.25) is 0 Å². The van der Waals surface area contributed by atoms with Crippen LogP contribution in [0, 0.1) is 4.64 Å². The molecule has 0 saturated carbocycles. The van der Waals surface area contributed by atoms with Crippen molar-refractivity contribution in [2.45, 2.75) is 13.8 Å². The summed E-state index contributed by atoms with van der Waals surface area (Å²) in [6, 6.07) is 18.2. The molecule has 0 atom stereocenters. The molecule has 0 saturated heterocycles. The van der Waals surface area contributed by atoms with Gasteiger partial charge in [-0.15, -0.1) is 22.7 Å². The van der Waals surface area contributed by atoms with Crippen molar-refractivity contribution in [3.8, 4) is 43.8 Å². The van der Waals surface area contributed by atoms with Crippen LogP contribution in [0.1, 0.15) is 13.8 Å². The Balaban J connectivity index is 1.36. The molecule has 0 radical (unpaired) electrons. The molecule has 0 spiro atoms. The zero-order chi connectivity index (χ0) is 25.6. The minimum Gasteiger partial charge on any atom is -0.484 e. The van der Waals surface area contributed by atoms with Crippen molar-refractivity contribution in [1.82, 2.24) is 15.0 Å². The molecule has 5 rings (SSSR count). The molecule has 0 aliphatic rings. The van der Waals surface area contributed by atoms with Gasteiger partial charge in [0.05, 0.1) is 25.1 Å². The highest BCUT2D eigenvalue weighted by atomic mass is 32.1. The number of aromatic amines is 1. The van der Waals surface area contributed by atoms with Crippen LogP contribution in [-0.4, -0.2) is 34.9 Å². The van der Waals surface area contributed by atoms with Crippen LogP contribution in [0.5, 0.6) is 15.9 Å². The number of ether oxygens (including phenoxy) is 3. The normalized spacial score (nSPS) is 10.9. The van der Waals surface area contributed by atoms with Gasteiger partial charge in [-0.25, -0.2) is 9.90 Å². The summed E-state index contributed by atoms with van der Waals surface area (Å²) < 4.78 is 19.9. The highest BCUT2D eigenvalue weighted by Crippen LogP contribution is 2.41. The largest absolute Gasteiger partial charge is 0.484 e. The average molecular weight is 551 g/mol. The Bertz CT molecular complexity index is 1540. The second-order valence-corrected chi connectivity index (χ2v) is 10.1. The van der Waals surface area contributed by atoms with Crippen molar-refractivity contribution in [1.29, 1.82) is 0 Å². The third-order valence-corrected chi connectivity index (χ3v) is 7.48. The monoisotopic (exact) mass is 550 g/mol. The summed E-state index contributed by atoms with van der Waals surface area (Å²) in [5.41, 5.74) is 6.21. The molecule has 0 amide bonds. The molecule has 2 N–H and O–H groups in total. The molecule has 0 aliphatic heterocycles. The molecule has 190 valence electrons. The van der Waals surface area contributed by atoms with Crippen LogP contribution in [0.15, 0.2) is 71.6 Å². The summed E-state index contributed by atoms with van der Waals surface area (Å²) >= 11 is 8.50. The molecule has 37 heavy (non-hydrogen) atoms. The van der Waals surface area contributed by atoms with E-state index in [9.17, 15) is 0 Å². The summed E-state index contributed by atoms with van der Waals surface area (Å²) in [6.07, 6.45) is 1.61. The third-order valence-electron chi connectivity index (χ3n) is 5.51. The summed E-state index contributed by atoms with van der Waals surface area (Å²) in [4.78, 5) is 0. The minimum absolute atomic E-state index is 0.303. The number of H-pyrrole nitrogens is 1. The topological polar surface area (TPSA) is 73.3 Å². The van der Waals surface area contributed by atoms with Crippen LogP contribution in [0.4, 0.5) is 5.69 Å². The molecule has 3 aromatic heterocycles. The number of hydrogen-bond acceptors (Lipinski definition) is 8. The minimum atomic E-state index is 0.303.